The lowest BCUT2D eigenvalue weighted by Crippen LogP contribution is -2.34. The number of nitrogens with zero attached hydrogens (tertiary/aromatic N) is 3. The molecule has 0 spiro atoms. The number of para-hydroxylation sites is 1. The van der Waals surface area contributed by atoms with Crippen LogP contribution in [0, 0.1) is 11.8 Å². The SMILES string of the molecule is C=CC(=O)Nc1cc(Nc2ncc(Cl)c(Nc3ccccc3P(C)(C)=O)n2)c(OC)cc1C#CCN(C)C(=O)OC(C)(C)C. The van der Waals surface area contributed by atoms with Gasteiger partial charge in [0.15, 0.2) is 5.82 Å². The molecule has 232 valence electrons. The van der Waals surface area contributed by atoms with Crippen molar-refractivity contribution in [3.05, 3.63) is 65.8 Å². The molecule has 11 nitrogen and oxygen atoms in total. The van der Waals surface area contributed by atoms with Gasteiger partial charge in [0, 0.05) is 18.4 Å². The van der Waals surface area contributed by atoms with Crippen molar-refractivity contribution in [1.29, 1.82) is 0 Å². The Morgan fingerprint density at radius 3 is 2.48 bits per heavy atom. The van der Waals surface area contributed by atoms with Gasteiger partial charge in [-0.2, -0.15) is 4.98 Å². The molecule has 0 saturated heterocycles. The van der Waals surface area contributed by atoms with Crippen LogP contribution >= 0.6 is 18.7 Å². The lowest BCUT2D eigenvalue weighted by Gasteiger charge is -2.23. The number of ether oxygens (including phenoxy) is 2. The first kappa shape index (κ1) is 34.0. The molecule has 3 aromatic rings. The van der Waals surface area contributed by atoms with Gasteiger partial charge < -0.3 is 34.9 Å². The third kappa shape index (κ3) is 9.49. The zero-order valence-corrected chi connectivity index (χ0v) is 27.4. The van der Waals surface area contributed by atoms with Gasteiger partial charge in [0.25, 0.3) is 0 Å². The highest BCUT2D eigenvalue weighted by Crippen LogP contribution is 2.39. The van der Waals surface area contributed by atoms with Gasteiger partial charge in [0.05, 0.1) is 42.5 Å². The molecule has 13 heteroatoms. The van der Waals surface area contributed by atoms with Gasteiger partial charge in [0.1, 0.15) is 23.5 Å². The Hall–Kier alpha value is -4.52. The molecular weight excluding hydrogens is 603 g/mol. The second-order valence-corrected chi connectivity index (χ2v) is 14.5. The zero-order valence-electron chi connectivity index (χ0n) is 25.7. The van der Waals surface area contributed by atoms with E-state index in [2.05, 4.69) is 44.3 Å². The van der Waals surface area contributed by atoms with E-state index in [0.717, 1.165) is 6.08 Å². The van der Waals surface area contributed by atoms with E-state index < -0.39 is 24.7 Å². The monoisotopic (exact) mass is 638 g/mol. The van der Waals surface area contributed by atoms with Crippen molar-refractivity contribution in [1.82, 2.24) is 14.9 Å². The van der Waals surface area contributed by atoms with E-state index in [4.69, 9.17) is 21.1 Å². The largest absolute Gasteiger partial charge is 0.495 e. The molecule has 3 N–H and O–H groups in total. The number of hydrogen-bond acceptors (Lipinski definition) is 9. The average molecular weight is 639 g/mol. The predicted molar refractivity (Wildman–Crippen MR) is 177 cm³/mol. The van der Waals surface area contributed by atoms with Crippen LogP contribution in [-0.4, -0.2) is 66.5 Å². The maximum Gasteiger partial charge on any atom is 0.410 e. The minimum absolute atomic E-state index is 0.0785. The molecule has 0 aliphatic rings. The highest BCUT2D eigenvalue weighted by molar-refractivity contribution is 7.70. The summed E-state index contributed by atoms with van der Waals surface area (Å²) in [5, 5.41) is 9.90. The standard InChI is InChI=1S/C31H36ClN6O5P/c1-9-27(39)34-23-18-24(25(42-6)17-20(23)13-12-16-38(5)30(40)43-31(2,3)4)36-29-33-19-21(32)28(37-29)35-22-14-10-11-15-26(22)44(7,8)41/h9-11,14-15,17-19H,1,16H2,2-8H3,(H,34,39)(H2,33,35,36,37). The molecule has 0 aliphatic heterocycles. The topological polar surface area (TPSA) is 135 Å². The molecule has 0 radical (unpaired) electrons. The molecule has 0 aliphatic carbocycles. The fraction of sp³-hybridized carbons (Fsp3) is 0.290. The molecule has 2 aromatic carbocycles. The van der Waals surface area contributed by atoms with Crippen LogP contribution in [-0.2, 0) is 14.1 Å². The summed E-state index contributed by atoms with van der Waals surface area (Å²) in [7, 11) is 0.463. The fourth-order valence-corrected chi connectivity index (χ4v) is 5.00. The normalized spacial score (nSPS) is 11.0. The maximum atomic E-state index is 12.8. The Kier molecular flexibility index (Phi) is 11.0. The first-order valence-corrected chi connectivity index (χ1v) is 16.4. The molecule has 0 atom stereocenters. The summed E-state index contributed by atoms with van der Waals surface area (Å²) in [6.07, 6.45) is 2.05. The van der Waals surface area contributed by atoms with Crippen molar-refractivity contribution in [3.63, 3.8) is 0 Å². The van der Waals surface area contributed by atoms with Crippen molar-refractivity contribution >= 4 is 64.9 Å². The number of rotatable bonds is 9. The van der Waals surface area contributed by atoms with E-state index >= 15 is 0 Å². The third-order valence-electron chi connectivity index (χ3n) is 5.76. The number of halogens is 1. The van der Waals surface area contributed by atoms with Crippen molar-refractivity contribution in [2.24, 2.45) is 0 Å². The van der Waals surface area contributed by atoms with Gasteiger partial charge in [-0.25, -0.2) is 9.78 Å². The van der Waals surface area contributed by atoms with Crippen molar-refractivity contribution in [2.45, 2.75) is 26.4 Å². The second kappa shape index (κ2) is 14.3. The van der Waals surface area contributed by atoms with Crippen LogP contribution in [0.4, 0.5) is 33.6 Å². The van der Waals surface area contributed by atoms with Crippen LogP contribution < -0.4 is 26.0 Å². The highest BCUT2D eigenvalue weighted by Gasteiger charge is 2.20. The van der Waals surface area contributed by atoms with Gasteiger partial charge in [-0.15, -0.1) is 0 Å². The van der Waals surface area contributed by atoms with E-state index in [-0.39, 0.29) is 17.5 Å². The molecular formula is C31H36ClN6O5P. The predicted octanol–water partition coefficient (Wildman–Crippen LogP) is 6.22. The summed E-state index contributed by atoms with van der Waals surface area (Å²) >= 11 is 6.40. The number of benzene rings is 2. The number of nitrogens with one attached hydrogen (secondary N) is 3. The Bertz CT molecular complexity index is 1670. The van der Waals surface area contributed by atoms with E-state index in [1.807, 2.05) is 12.1 Å². The fourth-order valence-electron chi connectivity index (χ4n) is 3.71. The van der Waals surface area contributed by atoms with Crippen molar-refractivity contribution in [2.75, 3.05) is 50.0 Å². The minimum atomic E-state index is -2.60. The van der Waals surface area contributed by atoms with E-state index in [1.165, 1.54) is 18.2 Å². The van der Waals surface area contributed by atoms with Crippen LogP contribution in [0.1, 0.15) is 26.3 Å². The van der Waals surface area contributed by atoms with E-state index in [1.54, 1.807) is 65.4 Å². The highest BCUT2D eigenvalue weighted by atomic mass is 35.5. The van der Waals surface area contributed by atoms with Crippen molar-refractivity contribution in [3.8, 4) is 17.6 Å². The Morgan fingerprint density at radius 2 is 1.84 bits per heavy atom. The van der Waals surface area contributed by atoms with Gasteiger partial charge in [-0.3, -0.25) is 4.79 Å². The maximum absolute atomic E-state index is 12.8. The molecule has 1 heterocycles. The Labute approximate surface area is 262 Å². The lowest BCUT2D eigenvalue weighted by atomic mass is 10.1. The summed E-state index contributed by atoms with van der Waals surface area (Å²) in [6.45, 7) is 12.3. The van der Waals surface area contributed by atoms with Crippen LogP contribution in [0.25, 0.3) is 0 Å². The summed E-state index contributed by atoms with van der Waals surface area (Å²) in [6, 6.07) is 10.5. The van der Waals surface area contributed by atoms with E-state index in [0.29, 0.717) is 39.5 Å². The first-order valence-electron chi connectivity index (χ1n) is 13.4. The lowest BCUT2D eigenvalue weighted by molar-refractivity contribution is -0.111. The molecule has 0 saturated carbocycles. The molecule has 44 heavy (non-hydrogen) atoms. The second-order valence-electron chi connectivity index (χ2n) is 10.9. The molecule has 0 bridgehead atoms. The number of aromatic nitrogens is 2. The molecule has 1 aromatic heterocycles. The smallest absolute Gasteiger partial charge is 0.410 e. The van der Waals surface area contributed by atoms with Gasteiger partial charge >= 0.3 is 6.09 Å². The molecule has 0 unspecified atom stereocenters. The van der Waals surface area contributed by atoms with Gasteiger partial charge in [0.2, 0.25) is 11.9 Å². The van der Waals surface area contributed by atoms with Crippen LogP contribution in [0.15, 0.2) is 55.3 Å². The number of methoxy groups -OCH3 is 1. The number of carbonyl (C=O) groups excluding carboxylic acids is 2. The minimum Gasteiger partial charge on any atom is -0.495 e. The van der Waals surface area contributed by atoms with E-state index in [9.17, 15) is 14.2 Å². The third-order valence-corrected chi connectivity index (χ3v) is 7.58. The summed E-state index contributed by atoms with van der Waals surface area (Å²) < 4.78 is 23.8. The number of anilines is 5. The number of carbonyl (C=O) groups is 2. The average Bonchev–Trinajstić information content (AvgIpc) is 2.94. The molecule has 0 fully saturated rings. The summed E-state index contributed by atoms with van der Waals surface area (Å²) in [5.74, 6) is 6.29. The van der Waals surface area contributed by atoms with Gasteiger partial charge in [-0.1, -0.05) is 42.2 Å². The quantitative estimate of drug-likeness (QED) is 0.142. The first-order chi connectivity index (χ1) is 20.6. The Morgan fingerprint density at radius 1 is 1.14 bits per heavy atom. The van der Waals surface area contributed by atoms with Crippen LogP contribution in [0.2, 0.25) is 5.02 Å². The number of amides is 2. The Balaban J connectivity index is 1.94. The molecule has 2 amide bonds. The van der Waals surface area contributed by atoms with Crippen LogP contribution in [0.5, 0.6) is 5.75 Å². The summed E-state index contributed by atoms with van der Waals surface area (Å²) in [5.41, 5.74) is 1.18. The van der Waals surface area contributed by atoms with Gasteiger partial charge in [-0.05, 0) is 58.4 Å². The number of hydrogen-bond donors (Lipinski definition) is 3. The zero-order chi connectivity index (χ0) is 32.7. The van der Waals surface area contributed by atoms with Crippen molar-refractivity contribution < 1.29 is 23.6 Å². The van der Waals surface area contributed by atoms with Crippen LogP contribution in [0.3, 0.4) is 0 Å². The summed E-state index contributed by atoms with van der Waals surface area (Å²) in [4.78, 5) is 34.7. The molecule has 3 rings (SSSR count).